The minimum atomic E-state index is 0.264. The molecule has 0 radical (unpaired) electrons. The lowest BCUT2D eigenvalue weighted by atomic mass is 9.93. The van der Waals surface area contributed by atoms with Crippen LogP contribution in [0.5, 0.6) is 0 Å². The summed E-state index contributed by atoms with van der Waals surface area (Å²) in [4.78, 5) is 0. The molecular formula is C13H21NO. The van der Waals surface area contributed by atoms with Crippen LogP contribution in [0.25, 0.3) is 0 Å². The van der Waals surface area contributed by atoms with E-state index in [2.05, 4.69) is 38.1 Å². The molecule has 0 heterocycles. The van der Waals surface area contributed by atoms with Gasteiger partial charge >= 0.3 is 0 Å². The van der Waals surface area contributed by atoms with Crippen molar-refractivity contribution in [2.75, 3.05) is 13.7 Å². The van der Waals surface area contributed by atoms with Crippen LogP contribution in [0.1, 0.15) is 30.4 Å². The monoisotopic (exact) mass is 207 g/mol. The molecule has 0 aromatic heterocycles. The van der Waals surface area contributed by atoms with Crippen LogP contribution in [-0.4, -0.2) is 19.8 Å². The minimum Gasteiger partial charge on any atom is -0.382 e. The van der Waals surface area contributed by atoms with Crippen LogP contribution in [0.4, 0.5) is 0 Å². The maximum Gasteiger partial charge on any atom is 0.0549 e. The molecule has 0 bridgehead atoms. The van der Waals surface area contributed by atoms with Gasteiger partial charge in [0, 0.05) is 7.11 Å². The van der Waals surface area contributed by atoms with E-state index in [9.17, 15) is 0 Å². The highest BCUT2D eigenvalue weighted by atomic mass is 16.5. The number of hydrogen-bond donors (Lipinski definition) is 1. The average Bonchev–Trinajstić information content (AvgIpc) is 2.27. The van der Waals surface area contributed by atoms with Gasteiger partial charge in [-0.05, 0) is 38.3 Å². The lowest BCUT2D eigenvalue weighted by Crippen LogP contribution is -2.18. The van der Waals surface area contributed by atoms with Crippen LogP contribution >= 0.6 is 0 Å². The summed E-state index contributed by atoms with van der Waals surface area (Å²) >= 11 is 0. The second-order valence-electron chi connectivity index (χ2n) is 4.13. The number of benzene rings is 1. The van der Waals surface area contributed by atoms with E-state index in [4.69, 9.17) is 10.5 Å². The van der Waals surface area contributed by atoms with Crippen molar-refractivity contribution in [1.29, 1.82) is 0 Å². The molecule has 1 aromatic rings. The molecule has 0 spiro atoms. The fourth-order valence-corrected chi connectivity index (χ4v) is 1.70. The highest BCUT2D eigenvalue weighted by Gasteiger charge is 2.13. The summed E-state index contributed by atoms with van der Waals surface area (Å²) in [5, 5.41) is 0. The molecular weight excluding hydrogens is 186 g/mol. The van der Waals surface area contributed by atoms with Crippen molar-refractivity contribution in [2.24, 2.45) is 5.73 Å². The van der Waals surface area contributed by atoms with E-state index in [1.165, 1.54) is 11.1 Å². The third kappa shape index (κ3) is 3.65. The summed E-state index contributed by atoms with van der Waals surface area (Å²) < 4.78 is 5.27. The van der Waals surface area contributed by atoms with Crippen molar-refractivity contribution >= 4 is 0 Å². The summed E-state index contributed by atoms with van der Waals surface area (Å²) in [7, 11) is 1.74. The highest BCUT2D eigenvalue weighted by Crippen LogP contribution is 2.21. The van der Waals surface area contributed by atoms with Crippen LogP contribution < -0.4 is 5.73 Å². The van der Waals surface area contributed by atoms with Crippen LogP contribution in [0, 0.1) is 6.92 Å². The second-order valence-corrected chi connectivity index (χ2v) is 4.13. The molecule has 0 aliphatic carbocycles. The van der Waals surface area contributed by atoms with Gasteiger partial charge in [-0.15, -0.1) is 0 Å². The molecule has 2 heteroatoms. The van der Waals surface area contributed by atoms with Gasteiger partial charge in [0.25, 0.3) is 0 Å². The van der Waals surface area contributed by atoms with E-state index in [1.54, 1.807) is 7.11 Å². The Morgan fingerprint density at radius 3 is 2.33 bits per heavy atom. The average molecular weight is 207 g/mol. The number of rotatable bonds is 5. The fraction of sp³-hybridized carbons (Fsp3) is 0.538. The topological polar surface area (TPSA) is 35.2 Å². The van der Waals surface area contributed by atoms with E-state index in [0.29, 0.717) is 12.5 Å². The van der Waals surface area contributed by atoms with Crippen molar-refractivity contribution < 1.29 is 4.74 Å². The van der Waals surface area contributed by atoms with Gasteiger partial charge in [-0.3, -0.25) is 0 Å². The summed E-state index contributed by atoms with van der Waals surface area (Å²) in [6, 6.07) is 8.59. The molecule has 0 saturated carbocycles. The van der Waals surface area contributed by atoms with Gasteiger partial charge in [0.15, 0.2) is 0 Å². The largest absolute Gasteiger partial charge is 0.382 e. The highest BCUT2D eigenvalue weighted by molar-refractivity contribution is 5.24. The predicted octanol–water partition coefficient (Wildman–Crippen LogP) is 2.46. The zero-order chi connectivity index (χ0) is 11.3. The smallest absolute Gasteiger partial charge is 0.0549 e. The number of hydrogen-bond acceptors (Lipinski definition) is 2. The van der Waals surface area contributed by atoms with E-state index >= 15 is 0 Å². The van der Waals surface area contributed by atoms with Crippen LogP contribution in [0.15, 0.2) is 24.3 Å². The maximum atomic E-state index is 5.79. The lowest BCUT2D eigenvalue weighted by Gasteiger charge is -2.19. The normalized spacial score (nSPS) is 14.9. The van der Waals surface area contributed by atoms with E-state index in [-0.39, 0.29) is 6.10 Å². The van der Waals surface area contributed by atoms with Crippen LogP contribution in [0.3, 0.4) is 0 Å². The first kappa shape index (κ1) is 12.2. The minimum absolute atomic E-state index is 0.264. The van der Waals surface area contributed by atoms with Gasteiger partial charge in [-0.2, -0.15) is 0 Å². The summed E-state index contributed by atoms with van der Waals surface area (Å²) in [5.74, 6) is 0.403. The summed E-state index contributed by atoms with van der Waals surface area (Å²) in [6.07, 6.45) is 1.25. The first-order valence-electron chi connectivity index (χ1n) is 5.46. The molecule has 15 heavy (non-hydrogen) atoms. The zero-order valence-electron chi connectivity index (χ0n) is 9.86. The third-order valence-corrected chi connectivity index (χ3v) is 2.85. The first-order valence-corrected chi connectivity index (χ1v) is 5.46. The van der Waals surface area contributed by atoms with E-state index in [1.807, 2.05) is 0 Å². The van der Waals surface area contributed by atoms with Crippen molar-refractivity contribution in [2.45, 2.75) is 32.3 Å². The molecule has 0 saturated heterocycles. The van der Waals surface area contributed by atoms with Crippen molar-refractivity contribution in [3.63, 3.8) is 0 Å². The fourth-order valence-electron chi connectivity index (χ4n) is 1.70. The SMILES string of the molecule is COC(C)CC(CN)c1ccc(C)cc1. The standard InChI is InChI=1S/C13H21NO/c1-10-4-6-12(7-5-10)13(9-14)8-11(2)15-3/h4-7,11,13H,8-9,14H2,1-3H3. The Labute approximate surface area is 92.4 Å². The molecule has 2 nitrogen and oxygen atoms in total. The number of ether oxygens (including phenoxy) is 1. The Balaban J connectivity index is 2.69. The summed E-state index contributed by atoms with van der Waals surface area (Å²) in [5.41, 5.74) is 8.39. The Bertz CT molecular complexity index is 281. The molecule has 0 fully saturated rings. The van der Waals surface area contributed by atoms with Crippen molar-refractivity contribution in [3.05, 3.63) is 35.4 Å². The van der Waals surface area contributed by atoms with E-state index in [0.717, 1.165) is 6.42 Å². The number of aryl methyl sites for hydroxylation is 1. The molecule has 0 aliphatic rings. The molecule has 1 rings (SSSR count). The number of methoxy groups -OCH3 is 1. The maximum absolute atomic E-state index is 5.79. The molecule has 1 aromatic carbocycles. The summed E-state index contributed by atoms with van der Waals surface area (Å²) in [6.45, 7) is 4.85. The molecule has 2 unspecified atom stereocenters. The van der Waals surface area contributed by atoms with Gasteiger partial charge < -0.3 is 10.5 Å². The quantitative estimate of drug-likeness (QED) is 0.805. The van der Waals surface area contributed by atoms with Crippen LogP contribution in [0.2, 0.25) is 0 Å². The predicted molar refractivity (Wildman–Crippen MR) is 64.1 cm³/mol. The third-order valence-electron chi connectivity index (χ3n) is 2.85. The molecule has 0 amide bonds. The van der Waals surface area contributed by atoms with E-state index < -0.39 is 0 Å². The number of nitrogens with two attached hydrogens (primary N) is 1. The van der Waals surface area contributed by atoms with Crippen LogP contribution in [-0.2, 0) is 4.74 Å². The van der Waals surface area contributed by atoms with Gasteiger partial charge in [-0.25, -0.2) is 0 Å². The van der Waals surface area contributed by atoms with Gasteiger partial charge in [0.1, 0.15) is 0 Å². The van der Waals surface area contributed by atoms with Gasteiger partial charge in [-0.1, -0.05) is 29.8 Å². The Morgan fingerprint density at radius 2 is 1.87 bits per heavy atom. The van der Waals surface area contributed by atoms with Crippen molar-refractivity contribution in [1.82, 2.24) is 0 Å². The molecule has 0 aliphatic heterocycles. The Hall–Kier alpha value is -0.860. The second kappa shape index (κ2) is 5.89. The molecule has 84 valence electrons. The first-order chi connectivity index (χ1) is 7.17. The zero-order valence-corrected chi connectivity index (χ0v) is 9.86. The van der Waals surface area contributed by atoms with Crippen molar-refractivity contribution in [3.8, 4) is 0 Å². The molecule has 2 N–H and O–H groups in total. The lowest BCUT2D eigenvalue weighted by molar-refractivity contribution is 0.105. The Morgan fingerprint density at radius 1 is 1.27 bits per heavy atom. The van der Waals surface area contributed by atoms with Gasteiger partial charge in [0.05, 0.1) is 6.10 Å². The Kier molecular flexibility index (Phi) is 4.79. The van der Waals surface area contributed by atoms with Gasteiger partial charge in [0.2, 0.25) is 0 Å². The molecule has 2 atom stereocenters.